The van der Waals surface area contributed by atoms with Crippen molar-refractivity contribution in [2.75, 3.05) is 5.73 Å². The molecule has 0 saturated heterocycles. The quantitative estimate of drug-likeness (QED) is 0.780. The number of pyridine rings is 1. The van der Waals surface area contributed by atoms with E-state index in [4.69, 9.17) is 10.8 Å². The summed E-state index contributed by atoms with van der Waals surface area (Å²) in [6, 6.07) is 1.96. The highest BCUT2D eigenvalue weighted by Crippen LogP contribution is 2.50. The molecule has 22 heavy (non-hydrogen) atoms. The van der Waals surface area contributed by atoms with Crippen molar-refractivity contribution in [3.63, 3.8) is 0 Å². The zero-order valence-corrected chi connectivity index (χ0v) is 13.8. The predicted molar refractivity (Wildman–Crippen MR) is 87.7 cm³/mol. The Morgan fingerprint density at radius 1 is 1.41 bits per heavy atom. The molecule has 5 nitrogen and oxygen atoms in total. The van der Waals surface area contributed by atoms with Crippen LogP contribution in [-0.4, -0.2) is 22.2 Å². The standard InChI is InChI=1S/C17H27N3O2/c1-10-7-11(20-16(21)22)8-13(15(10)17(2,3)4)12-5-6-19-9-14(12)18/h5-6,9-11,13,15,20H,7-8,18H2,1-4H3,(H,21,22)/t10-,11-,13-,15?/m1/s1. The van der Waals surface area contributed by atoms with Gasteiger partial charge in [0.05, 0.1) is 11.9 Å². The van der Waals surface area contributed by atoms with Gasteiger partial charge in [0.25, 0.3) is 0 Å². The number of amides is 1. The molecule has 1 aliphatic rings. The number of hydrogen-bond donors (Lipinski definition) is 3. The summed E-state index contributed by atoms with van der Waals surface area (Å²) in [5.41, 5.74) is 8.08. The highest BCUT2D eigenvalue weighted by Gasteiger charge is 2.43. The van der Waals surface area contributed by atoms with Crippen molar-refractivity contribution >= 4 is 11.8 Å². The molecular formula is C17H27N3O2. The first-order valence-electron chi connectivity index (χ1n) is 7.89. The van der Waals surface area contributed by atoms with Crippen LogP contribution in [0.1, 0.15) is 52.0 Å². The number of hydrogen-bond acceptors (Lipinski definition) is 3. The summed E-state index contributed by atoms with van der Waals surface area (Å²) in [6.45, 7) is 8.98. The molecule has 4 N–H and O–H groups in total. The van der Waals surface area contributed by atoms with Crippen LogP contribution >= 0.6 is 0 Å². The maximum absolute atomic E-state index is 11.0. The van der Waals surface area contributed by atoms with E-state index in [1.807, 2.05) is 6.07 Å². The highest BCUT2D eigenvalue weighted by molar-refractivity contribution is 5.65. The average molecular weight is 305 g/mol. The Morgan fingerprint density at radius 3 is 2.64 bits per heavy atom. The molecule has 122 valence electrons. The Bertz CT molecular complexity index is 539. The van der Waals surface area contributed by atoms with Crippen molar-refractivity contribution in [1.82, 2.24) is 10.3 Å². The monoisotopic (exact) mass is 305 g/mol. The number of anilines is 1. The average Bonchev–Trinajstić information content (AvgIpc) is 2.35. The van der Waals surface area contributed by atoms with E-state index in [2.05, 4.69) is 38.0 Å². The van der Waals surface area contributed by atoms with E-state index >= 15 is 0 Å². The lowest BCUT2D eigenvalue weighted by atomic mass is 9.59. The van der Waals surface area contributed by atoms with Gasteiger partial charge in [-0.3, -0.25) is 4.98 Å². The molecule has 0 aromatic carbocycles. The second kappa shape index (κ2) is 6.15. The minimum absolute atomic E-state index is 0.0244. The maximum Gasteiger partial charge on any atom is 0.404 e. The fourth-order valence-electron chi connectivity index (χ4n) is 4.37. The molecule has 1 unspecified atom stereocenters. The lowest BCUT2D eigenvalue weighted by molar-refractivity contribution is 0.0760. The van der Waals surface area contributed by atoms with E-state index in [9.17, 15) is 4.79 Å². The van der Waals surface area contributed by atoms with Gasteiger partial charge in [0.2, 0.25) is 0 Å². The summed E-state index contributed by atoms with van der Waals surface area (Å²) in [4.78, 5) is 15.1. The van der Waals surface area contributed by atoms with Gasteiger partial charge in [0.15, 0.2) is 0 Å². The molecule has 1 heterocycles. The molecular weight excluding hydrogens is 278 g/mol. The lowest BCUT2D eigenvalue weighted by Gasteiger charge is -2.47. The maximum atomic E-state index is 11.0. The van der Waals surface area contributed by atoms with Crippen LogP contribution in [0.2, 0.25) is 0 Å². The van der Waals surface area contributed by atoms with Crippen LogP contribution in [0.3, 0.4) is 0 Å². The summed E-state index contributed by atoms with van der Waals surface area (Å²) in [7, 11) is 0. The number of nitrogens with one attached hydrogen (secondary N) is 1. The van der Waals surface area contributed by atoms with Gasteiger partial charge >= 0.3 is 6.09 Å². The van der Waals surface area contributed by atoms with Crippen molar-refractivity contribution < 1.29 is 9.90 Å². The molecule has 0 spiro atoms. The molecule has 1 aliphatic carbocycles. The lowest BCUT2D eigenvalue weighted by Crippen LogP contribution is -2.46. The highest BCUT2D eigenvalue weighted by atomic mass is 16.4. The summed E-state index contributed by atoms with van der Waals surface area (Å²) in [5, 5.41) is 11.7. The SMILES string of the molecule is C[C@@H]1C[C@@H](NC(=O)O)C[C@H](c2ccncc2N)C1C(C)(C)C. The van der Waals surface area contributed by atoms with Crippen molar-refractivity contribution in [1.29, 1.82) is 0 Å². The Balaban J connectivity index is 2.38. The number of rotatable bonds is 2. The second-order valence-electron chi connectivity index (χ2n) is 7.60. The van der Waals surface area contributed by atoms with Crippen LogP contribution in [0, 0.1) is 17.3 Å². The van der Waals surface area contributed by atoms with E-state index in [0.717, 1.165) is 18.4 Å². The Morgan fingerprint density at radius 2 is 2.09 bits per heavy atom. The van der Waals surface area contributed by atoms with E-state index in [1.54, 1.807) is 12.4 Å². The molecule has 1 fully saturated rings. The number of aromatic nitrogens is 1. The van der Waals surface area contributed by atoms with Crippen LogP contribution in [0.15, 0.2) is 18.5 Å². The van der Waals surface area contributed by atoms with Crippen LogP contribution in [0.5, 0.6) is 0 Å². The summed E-state index contributed by atoms with van der Waals surface area (Å²) < 4.78 is 0. The van der Waals surface area contributed by atoms with Crippen molar-refractivity contribution in [3.05, 3.63) is 24.0 Å². The number of nitrogens with zero attached hydrogens (tertiary/aromatic N) is 1. The topological polar surface area (TPSA) is 88.2 Å². The first kappa shape index (κ1) is 16.6. The van der Waals surface area contributed by atoms with Crippen LogP contribution in [0.25, 0.3) is 0 Å². The first-order chi connectivity index (χ1) is 10.2. The molecule has 2 rings (SSSR count). The van der Waals surface area contributed by atoms with Gasteiger partial charge in [-0.05, 0) is 47.6 Å². The smallest absolute Gasteiger partial charge is 0.404 e. The fourth-order valence-corrected chi connectivity index (χ4v) is 4.37. The Hall–Kier alpha value is -1.78. The molecule has 1 saturated carbocycles. The van der Waals surface area contributed by atoms with Gasteiger partial charge < -0.3 is 16.2 Å². The van der Waals surface area contributed by atoms with Gasteiger partial charge in [0.1, 0.15) is 0 Å². The minimum atomic E-state index is -0.951. The zero-order chi connectivity index (χ0) is 16.5. The van der Waals surface area contributed by atoms with Crippen molar-refractivity contribution in [3.8, 4) is 0 Å². The van der Waals surface area contributed by atoms with E-state index in [-0.39, 0.29) is 17.4 Å². The second-order valence-corrected chi connectivity index (χ2v) is 7.60. The fraction of sp³-hybridized carbons (Fsp3) is 0.647. The summed E-state index contributed by atoms with van der Waals surface area (Å²) in [6.07, 6.45) is 4.16. The number of carbonyl (C=O) groups is 1. The molecule has 1 amide bonds. The first-order valence-corrected chi connectivity index (χ1v) is 7.89. The molecule has 0 radical (unpaired) electrons. The third-order valence-electron chi connectivity index (χ3n) is 4.86. The molecule has 1 aromatic heterocycles. The third kappa shape index (κ3) is 3.51. The van der Waals surface area contributed by atoms with Crippen LogP contribution < -0.4 is 11.1 Å². The molecule has 5 heteroatoms. The minimum Gasteiger partial charge on any atom is -0.465 e. The van der Waals surface area contributed by atoms with Gasteiger partial charge in [-0.15, -0.1) is 0 Å². The molecule has 4 atom stereocenters. The van der Waals surface area contributed by atoms with Gasteiger partial charge in [-0.1, -0.05) is 27.7 Å². The normalized spacial score (nSPS) is 29.1. The van der Waals surface area contributed by atoms with Crippen molar-refractivity contribution in [2.45, 2.75) is 52.5 Å². The zero-order valence-electron chi connectivity index (χ0n) is 13.8. The largest absolute Gasteiger partial charge is 0.465 e. The molecule has 0 bridgehead atoms. The van der Waals surface area contributed by atoms with E-state index in [0.29, 0.717) is 17.5 Å². The summed E-state index contributed by atoms with van der Waals surface area (Å²) >= 11 is 0. The van der Waals surface area contributed by atoms with E-state index < -0.39 is 6.09 Å². The number of nitrogens with two attached hydrogens (primary N) is 1. The molecule has 1 aromatic rings. The molecule has 0 aliphatic heterocycles. The number of nitrogen functional groups attached to an aromatic ring is 1. The van der Waals surface area contributed by atoms with Crippen LogP contribution in [0.4, 0.5) is 10.5 Å². The van der Waals surface area contributed by atoms with Crippen LogP contribution in [-0.2, 0) is 0 Å². The number of carboxylic acid groups (broad SMARTS) is 1. The third-order valence-corrected chi connectivity index (χ3v) is 4.86. The summed E-state index contributed by atoms with van der Waals surface area (Å²) in [5.74, 6) is 1.11. The van der Waals surface area contributed by atoms with Gasteiger partial charge in [0, 0.05) is 12.2 Å². The van der Waals surface area contributed by atoms with Gasteiger partial charge in [-0.25, -0.2) is 4.79 Å². The Kier molecular flexibility index (Phi) is 4.63. The van der Waals surface area contributed by atoms with E-state index in [1.165, 1.54) is 0 Å². The Labute approximate surface area is 132 Å². The van der Waals surface area contributed by atoms with Gasteiger partial charge in [-0.2, -0.15) is 0 Å². The predicted octanol–water partition coefficient (Wildman–Crippen LogP) is 3.48. The van der Waals surface area contributed by atoms with Crippen molar-refractivity contribution in [2.24, 2.45) is 17.3 Å².